The Bertz CT molecular complexity index is 1030. The highest BCUT2D eigenvalue weighted by Gasteiger charge is 2.10. The van der Waals surface area contributed by atoms with E-state index in [1.165, 1.54) is 0 Å². The van der Waals surface area contributed by atoms with Crippen molar-refractivity contribution in [3.8, 4) is 0 Å². The number of fused-ring (bicyclic) bond motifs is 1. The van der Waals surface area contributed by atoms with Crippen molar-refractivity contribution in [3.63, 3.8) is 0 Å². The summed E-state index contributed by atoms with van der Waals surface area (Å²) in [7, 11) is 0. The van der Waals surface area contributed by atoms with Gasteiger partial charge in [-0.25, -0.2) is 0 Å². The Hall–Kier alpha value is -3.11. The van der Waals surface area contributed by atoms with Crippen molar-refractivity contribution in [2.75, 3.05) is 5.43 Å². The maximum atomic E-state index is 4.67. The van der Waals surface area contributed by atoms with E-state index in [0.29, 0.717) is 0 Å². The molecule has 4 heteroatoms. The number of pyridine rings is 1. The van der Waals surface area contributed by atoms with Gasteiger partial charge < -0.3 is 0 Å². The van der Waals surface area contributed by atoms with Crippen LogP contribution in [0, 0.1) is 0 Å². The van der Waals surface area contributed by atoms with E-state index < -0.39 is 0 Å². The summed E-state index contributed by atoms with van der Waals surface area (Å²) < 4.78 is 0. The Labute approximate surface area is 156 Å². The summed E-state index contributed by atoms with van der Waals surface area (Å²) in [5.41, 5.74) is 6.17. The lowest BCUT2D eigenvalue weighted by atomic mass is 10.2. The number of thioether (sulfide) groups is 1. The summed E-state index contributed by atoms with van der Waals surface area (Å²) >= 11 is 1.62. The van der Waals surface area contributed by atoms with E-state index in [0.717, 1.165) is 32.1 Å². The van der Waals surface area contributed by atoms with Gasteiger partial charge in [-0.3, -0.25) is 10.4 Å². The molecule has 0 aliphatic heterocycles. The fourth-order valence-electron chi connectivity index (χ4n) is 2.62. The minimum absolute atomic E-state index is 0.896. The highest BCUT2D eigenvalue weighted by Crippen LogP contribution is 2.29. The number of nitrogens with zero attached hydrogens (tertiary/aromatic N) is 2. The zero-order valence-corrected chi connectivity index (χ0v) is 14.9. The average molecular weight is 355 g/mol. The fraction of sp³-hybridized carbons (Fsp3) is 0. The molecule has 0 atom stereocenters. The van der Waals surface area contributed by atoms with Gasteiger partial charge >= 0.3 is 0 Å². The van der Waals surface area contributed by atoms with Crippen molar-refractivity contribution in [3.05, 3.63) is 103 Å². The van der Waals surface area contributed by atoms with Crippen LogP contribution < -0.4 is 5.43 Å². The Morgan fingerprint density at radius 1 is 0.769 bits per heavy atom. The third kappa shape index (κ3) is 3.76. The van der Waals surface area contributed by atoms with E-state index in [-0.39, 0.29) is 0 Å². The molecule has 126 valence electrons. The zero-order valence-electron chi connectivity index (χ0n) is 14.0. The van der Waals surface area contributed by atoms with Crippen molar-refractivity contribution in [1.82, 2.24) is 4.98 Å². The van der Waals surface area contributed by atoms with E-state index in [9.17, 15) is 0 Å². The Morgan fingerprint density at radius 2 is 1.50 bits per heavy atom. The van der Waals surface area contributed by atoms with Gasteiger partial charge in [0.15, 0.2) is 0 Å². The van der Waals surface area contributed by atoms with Crippen LogP contribution in [0.25, 0.3) is 10.9 Å². The van der Waals surface area contributed by atoms with Crippen LogP contribution in [0.15, 0.2) is 107 Å². The van der Waals surface area contributed by atoms with E-state index in [2.05, 4.69) is 51.9 Å². The zero-order chi connectivity index (χ0) is 17.6. The molecule has 1 N–H and O–H groups in total. The monoisotopic (exact) mass is 355 g/mol. The van der Waals surface area contributed by atoms with Crippen molar-refractivity contribution in [2.24, 2.45) is 5.10 Å². The van der Waals surface area contributed by atoms with Crippen LogP contribution in [0.5, 0.6) is 0 Å². The van der Waals surface area contributed by atoms with Crippen LogP contribution in [0.3, 0.4) is 0 Å². The number of nitrogens with one attached hydrogen (secondary N) is 1. The molecule has 1 aromatic heterocycles. The summed E-state index contributed by atoms with van der Waals surface area (Å²) in [5, 5.41) is 6.69. The van der Waals surface area contributed by atoms with Gasteiger partial charge in [0.2, 0.25) is 0 Å². The van der Waals surface area contributed by atoms with Gasteiger partial charge in [0, 0.05) is 22.0 Å². The maximum Gasteiger partial charge on any atom is 0.128 e. The second-order valence-electron chi connectivity index (χ2n) is 5.69. The van der Waals surface area contributed by atoms with Gasteiger partial charge in [0.05, 0.1) is 11.2 Å². The van der Waals surface area contributed by atoms with Gasteiger partial charge in [-0.05, 0) is 24.3 Å². The number of anilines is 1. The molecule has 0 amide bonds. The predicted octanol–water partition coefficient (Wildman–Crippen LogP) is 5.80. The lowest BCUT2D eigenvalue weighted by Crippen LogP contribution is -2.00. The number of benzene rings is 3. The topological polar surface area (TPSA) is 37.3 Å². The lowest BCUT2D eigenvalue weighted by molar-refractivity contribution is 1.34. The van der Waals surface area contributed by atoms with Crippen LogP contribution in [0.1, 0.15) is 5.56 Å². The molecule has 3 nitrogen and oxygen atoms in total. The molecular weight excluding hydrogens is 338 g/mol. The summed E-state index contributed by atoms with van der Waals surface area (Å²) in [6, 6.07) is 30.4. The number of para-hydroxylation sites is 2. The number of hydrazone groups is 1. The Morgan fingerprint density at radius 3 is 2.31 bits per heavy atom. The molecule has 0 unspecified atom stereocenters. The molecule has 3 aromatic carbocycles. The summed E-state index contributed by atoms with van der Waals surface area (Å²) in [4.78, 5) is 5.63. The molecule has 0 spiro atoms. The van der Waals surface area contributed by atoms with E-state index >= 15 is 0 Å². The van der Waals surface area contributed by atoms with Crippen LogP contribution in [0.4, 0.5) is 5.69 Å². The van der Waals surface area contributed by atoms with E-state index in [4.69, 9.17) is 0 Å². The first-order valence-electron chi connectivity index (χ1n) is 8.36. The molecule has 0 saturated heterocycles. The van der Waals surface area contributed by atoms with Gasteiger partial charge in [0.1, 0.15) is 5.04 Å². The van der Waals surface area contributed by atoms with Crippen LogP contribution >= 0.6 is 11.8 Å². The van der Waals surface area contributed by atoms with Crippen molar-refractivity contribution >= 4 is 33.4 Å². The summed E-state index contributed by atoms with van der Waals surface area (Å²) in [6.07, 6.45) is 1.83. The standard InChI is InChI=1S/C22H17N3S/c1-3-9-18(10-4-1)22(25-24-19-13-5-2-6-14-19)26-20-15-7-11-17-12-8-16-23-21(17)20/h1-16,24H/b25-22+. The van der Waals surface area contributed by atoms with Crippen molar-refractivity contribution < 1.29 is 0 Å². The minimum atomic E-state index is 0.896. The van der Waals surface area contributed by atoms with Gasteiger partial charge in [0.25, 0.3) is 0 Å². The minimum Gasteiger partial charge on any atom is -0.277 e. The first-order valence-corrected chi connectivity index (χ1v) is 9.17. The normalized spacial score (nSPS) is 11.5. The van der Waals surface area contributed by atoms with Crippen LogP contribution in [0.2, 0.25) is 0 Å². The third-order valence-electron chi connectivity index (χ3n) is 3.88. The molecule has 0 saturated carbocycles. The van der Waals surface area contributed by atoms with Crippen LogP contribution in [-0.2, 0) is 0 Å². The number of aromatic nitrogens is 1. The fourth-order valence-corrected chi connectivity index (χ4v) is 3.59. The van der Waals surface area contributed by atoms with Crippen molar-refractivity contribution in [1.29, 1.82) is 0 Å². The van der Waals surface area contributed by atoms with E-state index in [1.54, 1.807) is 11.8 Å². The largest absolute Gasteiger partial charge is 0.277 e. The Balaban J connectivity index is 1.71. The molecule has 0 bridgehead atoms. The van der Waals surface area contributed by atoms with Gasteiger partial charge in [-0.2, -0.15) is 5.10 Å². The van der Waals surface area contributed by atoms with Gasteiger partial charge in [-0.15, -0.1) is 0 Å². The second-order valence-corrected chi connectivity index (χ2v) is 6.72. The maximum absolute atomic E-state index is 4.67. The summed E-state index contributed by atoms with van der Waals surface area (Å²) in [6.45, 7) is 0. The molecule has 26 heavy (non-hydrogen) atoms. The molecule has 4 aromatic rings. The number of rotatable bonds is 4. The number of hydrogen-bond acceptors (Lipinski definition) is 4. The SMILES string of the molecule is c1ccc(N/N=C(/Sc2cccc3cccnc23)c2ccccc2)cc1. The molecule has 1 heterocycles. The lowest BCUT2D eigenvalue weighted by Gasteiger charge is -2.09. The molecule has 0 aliphatic rings. The first-order chi connectivity index (χ1) is 12.9. The molecule has 0 fully saturated rings. The van der Waals surface area contributed by atoms with E-state index in [1.807, 2.05) is 60.8 Å². The first kappa shape index (κ1) is 16.4. The van der Waals surface area contributed by atoms with Gasteiger partial charge in [-0.1, -0.05) is 78.5 Å². The highest BCUT2D eigenvalue weighted by molar-refractivity contribution is 8.14. The molecule has 0 radical (unpaired) electrons. The highest BCUT2D eigenvalue weighted by atomic mass is 32.2. The Kier molecular flexibility index (Phi) is 4.94. The quantitative estimate of drug-likeness (QED) is 0.217. The predicted molar refractivity (Wildman–Crippen MR) is 111 cm³/mol. The third-order valence-corrected chi connectivity index (χ3v) is 4.95. The van der Waals surface area contributed by atoms with Crippen LogP contribution in [-0.4, -0.2) is 10.0 Å². The summed E-state index contributed by atoms with van der Waals surface area (Å²) in [5.74, 6) is 0. The second kappa shape index (κ2) is 7.85. The molecule has 4 rings (SSSR count). The smallest absolute Gasteiger partial charge is 0.128 e. The number of hydrogen-bond donors (Lipinski definition) is 1. The molecule has 0 aliphatic carbocycles. The van der Waals surface area contributed by atoms with Crippen molar-refractivity contribution in [2.45, 2.75) is 4.90 Å². The molecular formula is C22H17N3S. The average Bonchev–Trinajstić information content (AvgIpc) is 2.72.